The van der Waals surface area contributed by atoms with Gasteiger partial charge in [0.25, 0.3) is 20.9 Å². The summed E-state index contributed by atoms with van der Waals surface area (Å²) in [5.74, 6) is 0.561. The van der Waals surface area contributed by atoms with Gasteiger partial charge in [0.1, 0.15) is 17.2 Å². The largest absolute Gasteiger partial charge is 0.390 e. The quantitative estimate of drug-likeness (QED) is 0.236. The molecule has 3 heterocycles. The lowest BCUT2D eigenvalue weighted by atomic mass is 9.93. The summed E-state index contributed by atoms with van der Waals surface area (Å²) in [6.45, 7) is 3.38. The average molecular weight is 616 g/mol. The van der Waals surface area contributed by atoms with Crippen LogP contribution in [0.2, 0.25) is 0 Å². The topological polar surface area (TPSA) is 140 Å². The molecule has 1 aliphatic carbocycles. The number of benzene rings is 1. The van der Waals surface area contributed by atoms with Crippen molar-refractivity contribution < 1.29 is 21.6 Å². The molecule has 0 aliphatic heterocycles. The van der Waals surface area contributed by atoms with Crippen LogP contribution < -0.4 is 21.5 Å². The molecular formula is C28H28F3N7O4S. The number of aromatic nitrogens is 5. The minimum atomic E-state index is -4.39. The van der Waals surface area contributed by atoms with E-state index in [-0.39, 0.29) is 39.8 Å². The van der Waals surface area contributed by atoms with E-state index in [4.69, 9.17) is 0 Å². The standard InChI is InChI=1S/C28H28F3N7O4S/c1-3-16-12-17(34-23-22(24(39)25(23)40)32-10-9-28(29,30)31)13-19(16)26-36-35-21-14-33-27-20(38(21)26)8-11-37(27)43(41,42)18-6-4-15(2)5-7-18/h4-8,11,14,16-17,19,32,34H,3,9-10,12-13H2,1-2H3/t16-,17+,19?/m1/s1. The molecule has 15 heteroatoms. The highest BCUT2D eigenvalue weighted by atomic mass is 32.2. The normalized spacial score (nSPS) is 19.5. The van der Waals surface area contributed by atoms with Crippen molar-refractivity contribution >= 4 is 38.2 Å². The van der Waals surface area contributed by atoms with Crippen molar-refractivity contribution in [2.45, 2.75) is 62.6 Å². The molecule has 0 amide bonds. The highest BCUT2D eigenvalue weighted by Crippen LogP contribution is 2.43. The molecule has 2 aromatic carbocycles. The number of hydrogen-bond acceptors (Lipinski definition) is 9. The third kappa shape index (κ3) is 5.04. The van der Waals surface area contributed by atoms with E-state index in [9.17, 15) is 31.2 Å². The first-order valence-corrected chi connectivity index (χ1v) is 15.3. The molecule has 226 valence electrons. The molecule has 1 aliphatic rings. The number of aryl methyl sites for hydroxylation is 1. The SMILES string of the molecule is CC[C@@H]1C[C@H](Nc2c(NCCC(F)(F)F)c(=O)c2=O)CC1c1nnc2cnc3c(ccn3S(=O)(=O)c3ccc(C)cc3)n12. The van der Waals surface area contributed by atoms with Crippen molar-refractivity contribution in [1.29, 1.82) is 0 Å². The molecule has 1 fully saturated rings. The minimum Gasteiger partial charge on any atom is -0.380 e. The molecule has 6 rings (SSSR count). The fourth-order valence-electron chi connectivity index (χ4n) is 5.95. The number of fused-ring (bicyclic) bond motifs is 3. The predicted molar refractivity (Wildman–Crippen MR) is 154 cm³/mol. The van der Waals surface area contributed by atoms with Gasteiger partial charge in [-0.25, -0.2) is 17.4 Å². The van der Waals surface area contributed by atoms with E-state index < -0.39 is 40.0 Å². The summed E-state index contributed by atoms with van der Waals surface area (Å²) < 4.78 is 67.6. The first-order chi connectivity index (χ1) is 20.4. The second-order valence-corrected chi connectivity index (χ2v) is 12.8. The Kier molecular flexibility index (Phi) is 7.02. The minimum absolute atomic E-state index is 0.00348. The van der Waals surface area contributed by atoms with E-state index >= 15 is 0 Å². The molecule has 3 atom stereocenters. The monoisotopic (exact) mass is 615 g/mol. The van der Waals surface area contributed by atoms with Crippen molar-refractivity contribution in [3.8, 4) is 0 Å². The summed E-state index contributed by atoms with van der Waals surface area (Å²) in [7, 11) is -3.93. The van der Waals surface area contributed by atoms with Gasteiger partial charge in [-0.15, -0.1) is 10.2 Å². The Hall–Kier alpha value is -4.27. The number of hydrogen-bond donors (Lipinski definition) is 2. The molecule has 1 unspecified atom stereocenters. The van der Waals surface area contributed by atoms with E-state index in [1.165, 1.54) is 12.4 Å². The van der Waals surface area contributed by atoms with Gasteiger partial charge in [-0.2, -0.15) is 13.2 Å². The van der Waals surface area contributed by atoms with Crippen LogP contribution in [0.5, 0.6) is 0 Å². The zero-order valence-corrected chi connectivity index (χ0v) is 24.0. The summed E-state index contributed by atoms with van der Waals surface area (Å²) in [5.41, 5.74) is 0.381. The lowest BCUT2D eigenvalue weighted by Crippen LogP contribution is -2.39. The van der Waals surface area contributed by atoms with Crippen LogP contribution in [-0.4, -0.2) is 50.7 Å². The maximum atomic E-state index is 13.5. The second kappa shape index (κ2) is 10.5. The van der Waals surface area contributed by atoms with Crippen LogP contribution in [0.3, 0.4) is 0 Å². The Morgan fingerprint density at radius 2 is 1.74 bits per heavy atom. The first kappa shape index (κ1) is 28.8. The zero-order valence-electron chi connectivity index (χ0n) is 23.2. The lowest BCUT2D eigenvalue weighted by Gasteiger charge is -2.19. The smallest absolute Gasteiger partial charge is 0.380 e. The molecule has 2 N–H and O–H groups in total. The molecule has 0 spiro atoms. The van der Waals surface area contributed by atoms with E-state index in [0.29, 0.717) is 29.8 Å². The van der Waals surface area contributed by atoms with Crippen molar-refractivity contribution in [3.63, 3.8) is 0 Å². The zero-order chi connectivity index (χ0) is 30.7. The maximum absolute atomic E-state index is 13.5. The molecule has 1 saturated carbocycles. The number of nitrogens with zero attached hydrogens (tertiary/aromatic N) is 5. The number of halogens is 3. The van der Waals surface area contributed by atoms with E-state index in [2.05, 4.69) is 25.8 Å². The Bertz CT molecular complexity index is 2010. The highest BCUT2D eigenvalue weighted by Gasteiger charge is 2.39. The van der Waals surface area contributed by atoms with Crippen LogP contribution in [-0.2, 0) is 10.0 Å². The van der Waals surface area contributed by atoms with Crippen LogP contribution in [0.1, 0.15) is 49.9 Å². The Morgan fingerprint density at radius 3 is 2.44 bits per heavy atom. The number of rotatable bonds is 9. The van der Waals surface area contributed by atoms with Gasteiger partial charge in [0.15, 0.2) is 11.3 Å². The van der Waals surface area contributed by atoms with Crippen LogP contribution in [0.4, 0.5) is 24.5 Å². The van der Waals surface area contributed by atoms with Gasteiger partial charge in [0, 0.05) is 24.7 Å². The Labute approximate surface area is 243 Å². The van der Waals surface area contributed by atoms with Gasteiger partial charge in [0.05, 0.1) is 23.0 Å². The third-order valence-electron chi connectivity index (χ3n) is 8.16. The molecule has 0 saturated heterocycles. The fraction of sp³-hybridized carbons (Fsp3) is 0.393. The molecule has 0 radical (unpaired) electrons. The summed E-state index contributed by atoms with van der Waals surface area (Å²) in [6, 6.07) is 7.94. The Morgan fingerprint density at radius 1 is 1.02 bits per heavy atom. The maximum Gasteiger partial charge on any atom is 0.390 e. The van der Waals surface area contributed by atoms with Crippen LogP contribution >= 0.6 is 0 Å². The molecule has 5 aromatic rings. The molecule has 11 nitrogen and oxygen atoms in total. The molecule has 43 heavy (non-hydrogen) atoms. The van der Waals surface area contributed by atoms with Crippen LogP contribution in [0, 0.1) is 12.8 Å². The van der Waals surface area contributed by atoms with E-state index in [1.807, 2.05) is 13.8 Å². The van der Waals surface area contributed by atoms with Crippen LogP contribution in [0.15, 0.2) is 57.2 Å². The van der Waals surface area contributed by atoms with E-state index in [1.54, 1.807) is 34.7 Å². The van der Waals surface area contributed by atoms with Crippen LogP contribution in [0.25, 0.3) is 16.8 Å². The summed E-state index contributed by atoms with van der Waals surface area (Å²) >= 11 is 0. The van der Waals surface area contributed by atoms with Crippen molar-refractivity contribution in [3.05, 3.63) is 74.6 Å². The summed E-state index contributed by atoms with van der Waals surface area (Å²) in [4.78, 5) is 28.9. The third-order valence-corrected chi connectivity index (χ3v) is 9.84. The van der Waals surface area contributed by atoms with E-state index in [0.717, 1.165) is 16.0 Å². The van der Waals surface area contributed by atoms with Gasteiger partial charge in [-0.1, -0.05) is 31.0 Å². The van der Waals surface area contributed by atoms with Gasteiger partial charge in [-0.3, -0.25) is 14.0 Å². The average Bonchev–Trinajstić information content (AvgIpc) is 3.69. The summed E-state index contributed by atoms with van der Waals surface area (Å²) in [6.07, 6.45) is -0.720. The van der Waals surface area contributed by atoms with Crippen molar-refractivity contribution in [1.82, 2.24) is 23.6 Å². The number of alkyl halides is 3. The van der Waals surface area contributed by atoms with Gasteiger partial charge in [0.2, 0.25) is 0 Å². The first-order valence-electron chi connectivity index (χ1n) is 13.8. The highest BCUT2D eigenvalue weighted by molar-refractivity contribution is 7.90. The molecular weight excluding hydrogens is 587 g/mol. The second-order valence-electron chi connectivity index (χ2n) is 10.9. The molecule has 0 bridgehead atoms. The predicted octanol–water partition coefficient (Wildman–Crippen LogP) is 3.97. The van der Waals surface area contributed by atoms with Gasteiger partial charge < -0.3 is 10.6 Å². The number of nitrogens with one attached hydrogen (secondary N) is 2. The van der Waals surface area contributed by atoms with Crippen molar-refractivity contribution in [2.75, 3.05) is 17.2 Å². The lowest BCUT2D eigenvalue weighted by molar-refractivity contribution is -0.131. The van der Waals surface area contributed by atoms with Gasteiger partial charge in [-0.05, 0) is 43.9 Å². The van der Waals surface area contributed by atoms with Gasteiger partial charge >= 0.3 is 6.18 Å². The fourth-order valence-corrected chi connectivity index (χ4v) is 7.25. The Balaban J connectivity index is 1.30. The summed E-state index contributed by atoms with van der Waals surface area (Å²) in [5, 5.41) is 14.3. The van der Waals surface area contributed by atoms with Crippen molar-refractivity contribution in [2.24, 2.45) is 5.92 Å². The number of anilines is 2. The molecule has 3 aromatic heterocycles.